The predicted octanol–water partition coefficient (Wildman–Crippen LogP) is -0.196. The zero-order chi connectivity index (χ0) is 14.9. The Morgan fingerprint density at radius 2 is 2.10 bits per heavy atom. The summed E-state index contributed by atoms with van der Waals surface area (Å²) in [5.41, 5.74) is -0.369. The van der Waals surface area contributed by atoms with E-state index in [2.05, 4.69) is 9.72 Å². The van der Waals surface area contributed by atoms with E-state index in [4.69, 9.17) is 0 Å². The maximum absolute atomic E-state index is 12.4. The van der Waals surface area contributed by atoms with Crippen LogP contribution >= 0.6 is 0 Å². The van der Waals surface area contributed by atoms with E-state index in [1.165, 1.54) is 17.5 Å². The van der Waals surface area contributed by atoms with Crippen molar-refractivity contribution < 1.29 is 17.9 Å². The Hall–Kier alpha value is -1.67. The summed E-state index contributed by atoms with van der Waals surface area (Å²) in [4.78, 5) is 24.9. The number of esters is 1. The van der Waals surface area contributed by atoms with Gasteiger partial charge in [-0.15, -0.1) is 0 Å². The largest absolute Gasteiger partial charge is 0.469 e. The summed E-state index contributed by atoms with van der Waals surface area (Å²) in [5, 5.41) is 0. The molecule has 1 aromatic heterocycles. The molecule has 2 rings (SSSR count). The molecule has 1 N–H and O–H groups in total. The molecule has 20 heavy (non-hydrogen) atoms. The third-order valence-corrected chi connectivity index (χ3v) is 5.30. The maximum atomic E-state index is 12.4. The molecule has 1 aliphatic heterocycles. The molecule has 2 atom stereocenters. The molecular weight excluding hydrogens is 284 g/mol. The third kappa shape index (κ3) is 2.61. The standard InChI is InChI=1S/C12H16N2O5S/c1-8-6-14(7-10(8)12(16)19-2)20(17,18)9-3-4-11(15)13-5-9/h3-5,8,10H,6-7H2,1-2H3,(H,13,15). The summed E-state index contributed by atoms with van der Waals surface area (Å²) in [6.45, 7) is 2.15. The first-order valence-corrected chi connectivity index (χ1v) is 7.57. The van der Waals surface area contributed by atoms with Crippen LogP contribution in [-0.4, -0.2) is 43.9 Å². The number of nitrogens with one attached hydrogen (secondary N) is 1. The average molecular weight is 300 g/mol. The Kier molecular flexibility index (Phi) is 3.96. The highest BCUT2D eigenvalue weighted by Gasteiger charge is 2.41. The molecule has 0 radical (unpaired) electrons. The Morgan fingerprint density at radius 3 is 2.65 bits per heavy atom. The summed E-state index contributed by atoms with van der Waals surface area (Å²) in [7, 11) is -2.42. The van der Waals surface area contributed by atoms with E-state index < -0.39 is 21.9 Å². The zero-order valence-corrected chi connectivity index (χ0v) is 12.0. The summed E-state index contributed by atoms with van der Waals surface area (Å²) in [6.07, 6.45) is 1.16. The highest BCUT2D eigenvalue weighted by Crippen LogP contribution is 2.28. The van der Waals surface area contributed by atoms with E-state index in [1.807, 2.05) is 6.92 Å². The number of hydrogen-bond donors (Lipinski definition) is 1. The summed E-state index contributed by atoms with van der Waals surface area (Å²) in [5.74, 6) is -0.978. The Morgan fingerprint density at radius 1 is 1.40 bits per heavy atom. The van der Waals surface area contributed by atoms with Crippen molar-refractivity contribution >= 4 is 16.0 Å². The molecule has 0 amide bonds. The van der Waals surface area contributed by atoms with Gasteiger partial charge in [0.15, 0.2) is 0 Å². The summed E-state index contributed by atoms with van der Waals surface area (Å²) < 4.78 is 30.7. The summed E-state index contributed by atoms with van der Waals surface area (Å²) in [6, 6.07) is 2.41. The predicted molar refractivity (Wildman–Crippen MR) is 70.5 cm³/mol. The summed E-state index contributed by atoms with van der Waals surface area (Å²) >= 11 is 0. The van der Waals surface area contributed by atoms with Crippen molar-refractivity contribution in [2.45, 2.75) is 11.8 Å². The van der Waals surface area contributed by atoms with Crippen LogP contribution in [0.25, 0.3) is 0 Å². The van der Waals surface area contributed by atoms with Crippen molar-refractivity contribution in [2.75, 3.05) is 20.2 Å². The minimum atomic E-state index is -3.71. The molecule has 0 aromatic carbocycles. The molecule has 0 saturated carbocycles. The van der Waals surface area contributed by atoms with Gasteiger partial charge in [-0.25, -0.2) is 8.42 Å². The van der Waals surface area contributed by atoms with Crippen molar-refractivity contribution in [3.63, 3.8) is 0 Å². The molecule has 1 saturated heterocycles. The minimum Gasteiger partial charge on any atom is -0.469 e. The van der Waals surface area contributed by atoms with Crippen LogP contribution in [0.3, 0.4) is 0 Å². The fourth-order valence-electron chi connectivity index (χ4n) is 2.28. The number of carbonyl (C=O) groups excluding carboxylic acids is 1. The van der Waals surface area contributed by atoms with Gasteiger partial charge in [0.05, 0.1) is 17.9 Å². The smallest absolute Gasteiger partial charge is 0.310 e. The van der Waals surface area contributed by atoms with Gasteiger partial charge in [-0.05, 0) is 12.0 Å². The van der Waals surface area contributed by atoms with E-state index in [1.54, 1.807) is 0 Å². The van der Waals surface area contributed by atoms with Gasteiger partial charge < -0.3 is 9.72 Å². The molecule has 1 aliphatic rings. The van der Waals surface area contributed by atoms with Crippen LogP contribution in [0.15, 0.2) is 28.0 Å². The lowest BCUT2D eigenvalue weighted by atomic mass is 9.99. The van der Waals surface area contributed by atoms with Gasteiger partial charge >= 0.3 is 5.97 Å². The van der Waals surface area contributed by atoms with Gasteiger partial charge in [0.2, 0.25) is 15.6 Å². The van der Waals surface area contributed by atoms with Crippen LogP contribution < -0.4 is 5.56 Å². The van der Waals surface area contributed by atoms with Crippen LogP contribution in [0.4, 0.5) is 0 Å². The number of hydrogen-bond acceptors (Lipinski definition) is 5. The number of aromatic nitrogens is 1. The van der Waals surface area contributed by atoms with Crippen molar-refractivity contribution in [2.24, 2.45) is 11.8 Å². The number of aromatic amines is 1. The SMILES string of the molecule is COC(=O)C1CN(S(=O)(=O)c2ccc(=O)[nH]c2)CC1C. The fraction of sp³-hybridized carbons (Fsp3) is 0.500. The van der Waals surface area contributed by atoms with Crippen molar-refractivity contribution in [1.82, 2.24) is 9.29 Å². The highest BCUT2D eigenvalue weighted by atomic mass is 32.2. The Labute approximate surface area is 116 Å². The maximum Gasteiger partial charge on any atom is 0.310 e. The van der Waals surface area contributed by atoms with Gasteiger partial charge in [0.25, 0.3) is 0 Å². The van der Waals surface area contributed by atoms with Crippen LogP contribution in [0.5, 0.6) is 0 Å². The quantitative estimate of drug-likeness (QED) is 0.780. The first-order chi connectivity index (χ1) is 9.36. The molecule has 2 unspecified atom stereocenters. The molecule has 1 aromatic rings. The molecule has 1 fully saturated rings. The van der Waals surface area contributed by atoms with Crippen LogP contribution in [0.1, 0.15) is 6.92 Å². The number of pyridine rings is 1. The van der Waals surface area contributed by atoms with Crippen molar-refractivity contribution in [3.8, 4) is 0 Å². The number of nitrogens with zero attached hydrogens (tertiary/aromatic N) is 1. The number of H-pyrrole nitrogens is 1. The van der Waals surface area contributed by atoms with Crippen LogP contribution in [0, 0.1) is 11.8 Å². The highest BCUT2D eigenvalue weighted by molar-refractivity contribution is 7.89. The second-order valence-corrected chi connectivity index (χ2v) is 6.76. The van der Waals surface area contributed by atoms with Gasteiger partial charge in [-0.2, -0.15) is 4.31 Å². The topological polar surface area (TPSA) is 96.5 Å². The number of carbonyl (C=O) groups is 1. The van der Waals surface area contributed by atoms with E-state index in [9.17, 15) is 18.0 Å². The van der Waals surface area contributed by atoms with Crippen LogP contribution in [-0.2, 0) is 19.6 Å². The minimum absolute atomic E-state index is 0.00909. The molecule has 8 heteroatoms. The van der Waals surface area contributed by atoms with Gasteiger partial charge in [0.1, 0.15) is 0 Å². The zero-order valence-electron chi connectivity index (χ0n) is 11.2. The van der Waals surface area contributed by atoms with Crippen molar-refractivity contribution in [3.05, 3.63) is 28.7 Å². The lowest BCUT2D eigenvalue weighted by Crippen LogP contribution is -2.30. The monoisotopic (exact) mass is 300 g/mol. The van der Waals surface area contributed by atoms with E-state index in [0.717, 1.165) is 12.3 Å². The van der Waals surface area contributed by atoms with Gasteiger partial charge in [-0.1, -0.05) is 6.92 Å². The van der Waals surface area contributed by atoms with Crippen molar-refractivity contribution in [1.29, 1.82) is 0 Å². The van der Waals surface area contributed by atoms with E-state index in [-0.39, 0.29) is 29.5 Å². The molecule has 2 heterocycles. The van der Waals surface area contributed by atoms with Gasteiger partial charge in [0, 0.05) is 25.4 Å². The number of ether oxygens (including phenoxy) is 1. The Balaban J connectivity index is 2.26. The normalized spacial score (nSPS) is 23.7. The molecule has 110 valence electrons. The number of methoxy groups -OCH3 is 1. The molecule has 0 aliphatic carbocycles. The lowest BCUT2D eigenvalue weighted by molar-refractivity contribution is -0.145. The molecular formula is C12H16N2O5S. The Bertz CT molecular complexity index is 646. The van der Waals surface area contributed by atoms with Crippen LogP contribution in [0.2, 0.25) is 0 Å². The number of sulfonamides is 1. The third-order valence-electron chi connectivity index (χ3n) is 3.48. The molecule has 0 bridgehead atoms. The first kappa shape index (κ1) is 14.7. The second-order valence-electron chi connectivity index (χ2n) is 4.82. The fourth-order valence-corrected chi connectivity index (χ4v) is 3.82. The van der Waals surface area contributed by atoms with E-state index >= 15 is 0 Å². The van der Waals surface area contributed by atoms with E-state index in [0.29, 0.717) is 0 Å². The average Bonchev–Trinajstić information content (AvgIpc) is 2.81. The van der Waals surface area contributed by atoms with Gasteiger partial charge in [-0.3, -0.25) is 9.59 Å². The number of rotatable bonds is 3. The second kappa shape index (κ2) is 5.37. The lowest BCUT2D eigenvalue weighted by Gasteiger charge is -2.15. The first-order valence-electron chi connectivity index (χ1n) is 6.13. The molecule has 0 spiro atoms. The molecule has 7 nitrogen and oxygen atoms in total.